The molecule has 0 fully saturated rings. The van der Waals surface area contributed by atoms with Gasteiger partial charge in [-0.25, -0.2) is 4.39 Å². The van der Waals surface area contributed by atoms with Crippen LogP contribution < -0.4 is 15.2 Å². The Labute approximate surface area is 117 Å². The number of halogens is 1. The molecule has 3 rings (SSSR count). The third-order valence-electron chi connectivity index (χ3n) is 3.60. The van der Waals surface area contributed by atoms with Crippen LogP contribution in [-0.2, 0) is 0 Å². The van der Waals surface area contributed by atoms with Gasteiger partial charge in [0.05, 0.1) is 7.11 Å². The highest BCUT2D eigenvalue weighted by molar-refractivity contribution is 5.40. The van der Waals surface area contributed by atoms with E-state index in [2.05, 4.69) is 0 Å². The number of benzene rings is 2. The van der Waals surface area contributed by atoms with Gasteiger partial charge in [0.1, 0.15) is 23.4 Å². The van der Waals surface area contributed by atoms with Crippen LogP contribution >= 0.6 is 0 Å². The second-order valence-electron chi connectivity index (χ2n) is 4.90. The maximum absolute atomic E-state index is 13.2. The van der Waals surface area contributed by atoms with Gasteiger partial charge in [-0.05, 0) is 35.9 Å². The van der Waals surface area contributed by atoms with Crippen LogP contribution in [0.3, 0.4) is 0 Å². The Morgan fingerprint density at radius 3 is 2.65 bits per heavy atom. The summed E-state index contributed by atoms with van der Waals surface area (Å²) < 4.78 is 24.3. The van der Waals surface area contributed by atoms with Gasteiger partial charge in [-0.3, -0.25) is 0 Å². The first-order chi connectivity index (χ1) is 9.67. The second kappa shape index (κ2) is 5.13. The van der Waals surface area contributed by atoms with Gasteiger partial charge in [0, 0.05) is 18.0 Å². The van der Waals surface area contributed by atoms with Gasteiger partial charge >= 0.3 is 0 Å². The van der Waals surface area contributed by atoms with Crippen LogP contribution in [0.15, 0.2) is 42.5 Å². The first kappa shape index (κ1) is 12.9. The highest BCUT2D eigenvalue weighted by Crippen LogP contribution is 2.40. The quantitative estimate of drug-likeness (QED) is 0.912. The zero-order valence-corrected chi connectivity index (χ0v) is 11.2. The van der Waals surface area contributed by atoms with Crippen LogP contribution in [0.1, 0.15) is 29.7 Å². The number of rotatable bonds is 2. The molecule has 1 aliphatic rings. The van der Waals surface area contributed by atoms with Crippen molar-refractivity contribution in [1.82, 2.24) is 0 Å². The first-order valence-electron chi connectivity index (χ1n) is 6.53. The molecule has 0 amide bonds. The Kier molecular flexibility index (Phi) is 3.32. The lowest BCUT2D eigenvalue weighted by Gasteiger charge is -2.30. The molecule has 1 heterocycles. The van der Waals surface area contributed by atoms with Gasteiger partial charge < -0.3 is 15.2 Å². The lowest BCUT2D eigenvalue weighted by Crippen LogP contribution is -2.24. The van der Waals surface area contributed by atoms with Crippen LogP contribution in [0.25, 0.3) is 0 Å². The Bertz CT molecular complexity index is 612. The summed E-state index contributed by atoms with van der Waals surface area (Å²) in [5.41, 5.74) is 7.90. The molecule has 2 aromatic carbocycles. The summed E-state index contributed by atoms with van der Waals surface area (Å²) in [5.74, 6) is 1.17. The molecule has 0 radical (unpaired) electrons. The van der Waals surface area contributed by atoms with Crippen LogP contribution in [-0.4, -0.2) is 7.11 Å². The fraction of sp³-hybridized carbons (Fsp3) is 0.250. The molecule has 0 bridgehead atoms. The zero-order chi connectivity index (χ0) is 14.1. The molecule has 104 valence electrons. The van der Waals surface area contributed by atoms with Gasteiger partial charge in [0.15, 0.2) is 0 Å². The molecule has 2 atom stereocenters. The Morgan fingerprint density at radius 1 is 1.20 bits per heavy atom. The number of methoxy groups -OCH3 is 1. The fourth-order valence-corrected chi connectivity index (χ4v) is 2.50. The van der Waals surface area contributed by atoms with Crippen molar-refractivity contribution in [3.63, 3.8) is 0 Å². The summed E-state index contributed by atoms with van der Waals surface area (Å²) in [4.78, 5) is 0. The Hall–Kier alpha value is -2.07. The predicted molar refractivity (Wildman–Crippen MR) is 74.3 cm³/mol. The SMILES string of the molecule is COc1ccc(C2C[C@@H](N)c3cc(F)ccc3O2)cc1. The number of hydrogen-bond donors (Lipinski definition) is 1. The normalized spacial score (nSPS) is 20.9. The fourth-order valence-electron chi connectivity index (χ4n) is 2.50. The molecule has 2 aromatic rings. The third-order valence-corrected chi connectivity index (χ3v) is 3.60. The third kappa shape index (κ3) is 2.34. The molecule has 0 saturated heterocycles. The molecule has 2 N–H and O–H groups in total. The van der Waals surface area contributed by atoms with E-state index < -0.39 is 0 Å². The minimum absolute atomic E-state index is 0.117. The number of hydrogen-bond acceptors (Lipinski definition) is 3. The van der Waals surface area contributed by atoms with Gasteiger partial charge in [0.2, 0.25) is 0 Å². The smallest absolute Gasteiger partial charge is 0.126 e. The first-order valence-corrected chi connectivity index (χ1v) is 6.53. The summed E-state index contributed by atoms with van der Waals surface area (Å²) in [6.07, 6.45) is 0.511. The Balaban J connectivity index is 1.88. The maximum Gasteiger partial charge on any atom is 0.126 e. The van der Waals surface area contributed by atoms with E-state index in [0.29, 0.717) is 12.2 Å². The lowest BCUT2D eigenvalue weighted by atomic mass is 9.93. The molecule has 3 nitrogen and oxygen atoms in total. The number of fused-ring (bicyclic) bond motifs is 1. The second-order valence-corrected chi connectivity index (χ2v) is 4.90. The van der Waals surface area contributed by atoms with Crippen molar-refractivity contribution in [2.75, 3.05) is 7.11 Å². The highest BCUT2D eigenvalue weighted by atomic mass is 19.1. The van der Waals surface area contributed by atoms with Crippen LogP contribution in [0.2, 0.25) is 0 Å². The van der Waals surface area contributed by atoms with Crippen LogP contribution in [0, 0.1) is 5.82 Å². The van der Waals surface area contributed by atoms with E-state index in [1.54, 1.807) is 13.2 Å². The topological polar surface area (TPSA) is 44.5 Å². The molecule has 0 aromatic heterocycles. The summed E-state index contributed by atoms with van der Waals surface area (Å²) >= 11 is 0. The summed E-state index contributed by atoms with van der Waals surface area (Å²) in [5, 5.41) is 0. The summed E-state index contributed by atoms with van der Waals surface area (Å²) in [6, 6.07) is 12.0. The minimum Gasteiger partial charge on any atom is -0.497 e. The van der Waals surface area contributed by atoms with Crippen molar-refractivity contribution in [3.8, 4) is 11.5 Å². The number of nitrogens with two attached hydrogens (primary N) is 1. The number of ether oxygens (including phenoxy) is 2. The van der Waals surface area contributed by atoms with Crippen molar-refractivity contribution in [2.45, 2.75) is 18.6 Å². The molecule has 0 spiro atoms. The Morgan fingerprint density at radius 2 is 1.95 bits per heavy atom. The van der Waals surface area contributed by atoms with Gasteiger partial charge in [-0.2, -0.15) is 0 Å². The molecular formula is C16H16FNO2. The van der Waals surface area contributed by atoms with E-state index in [1.165, 1.54) is 12.1 Å². The molecule has 20 heavy (non-hydrogen) atoms. The minimum atomic E-state index is -0.286. The zero-order valence-electron chi connectivity index (χ0n) is 11.2. The standard InChI is InChI=1S/C16H16FNO2/c1-19-12-5-2-10(3-6-12)16-9-14(18)13-8-11(17)4-7-15(13)20-16/h2-8,14,16H,9,18H2,1H3/t14-,16?/m1/s1. The van der Waals surface area contributed by atoms with E-state index in [9.17, 15) is 4.39 Å². The van der Waals surface area contributed by atoms with Crippen LogP contribution in [0.4, 0.5) is 4.39 Å². The van der Waals surface area contributed by atoms with Crippen molar-refractivity contribution < 1.29 is 13.9 Å². The van der Waals surface area contributed by atoms with E-state index >= 15 is 0 Å². The molecule has 0 aliphatic carbocycles. The van der Waals surface area contributed by atoms with E-state index in [1.807, 2.05) is 24.3 Å². The maximum atomic E-state index is 13.2. The van der Waals surface area contributed by atoms with Crippen molar-refractivity contribution >= 4 is 0 Å². The van der Waals surface area contributed by atoms with E-state index in [0.717, 1.165) is 16.9 Å². The van der Waals surface area contributed by atoms with Crippen molar-refractivity contribution in [1.29, 1.82) is 0 Å². The molecule has 1 aliphatic heterocycles. The molecule has 1 unspecified atom stereocenters. The molecular weight excluding hydrogens is 257 g/mol. The highest BCUT2D eigenvalue weighted by Gasteiger charge is 2.27. The van der Waals surface area contributed by atoms with Gasteiger partial charge in [0.25, 0.3) is 0 Å². The largest absolute Gasteiger partial charge is 0.497 e. The van der Waals surface area contributed by atoms with Gasteiger partial charge in [-0.1, -0.05) is 12.1 Å². The molecule has 0 saturated carbocycles. The predicted octanol–water partition coefficient (Wildman–Crippen LogP) is 3.36. The average Bonchev–Trinajstić information content (AvgIpc) is 2.48. The lowest BCUT2D eigenvalue weighted by molar-refractivity contribution is 0.161. The van der Waals surface area contributed by atoms with Crippen molar-refractivity contribution in [3.05, 3.63) is 59.4 Å². The van der Waals surface area contributed by atoms with Crippen LogP contribution in [0.5, 0.6) is 11.5 Å². The van der Waals surface area contributed by atoms with E-state index in [4.69, 9.17) is 15.2 Å². The van der Waals surface area contributed by atoms with Crippen molar-refractivity contribution in [2.24, 2.45) is 5.73 Å². The van der Waals surface area contributed by atoms with E-state index in [-0.39, 0.29) is 18.0 Å². The average molecular weight is 273 g/mol. The van der Waals surface area contributed by atoms with Gasteiger partial charge in [-0.15, -0.1) is 0 Å². The monoisotopic (exact) mass is 273 g/mol. The summed E-state index contributed by atoms with van der Waals surface area (Å²) in [7, 11) is 1.63. The molecule has 4 heteroatoms. The summed E-state index contributed by atoms with van der Waals surface area (Å²) in [6.45, 7) is 0.